The van der Waals surface area contributed by atoms with Crippen LogP contribution in [-0.4, -0.2) is 38.4 Å². The van der Waals surface area contributed by atoms with E-state index in [-0.39, 0.29) is 5.56 Å². The van der Waals surface area contributed by atoms with E-state index in [1.165, 1.54) is 19.5 Å². The molecule has 0 aliphatic carbocycles. The van der Waals surface area contributed by atoms with Gasteiger partial charge in [-0.25, -0.2) is 14.8 Å². The minimum atomic E-state index is -1.07. The second-order valence-corrected chi connectivity index (χ2v) is 3.06. The second kappa shape index (κ2) is 4.52. The van der Waals surface area contributed by atoms with Gasteiger partial charge in [-0.3, -0.25) is 0 Å². The van der Waals surface area contributed by atoms with Gasteiger partial charge in [0.05, 0.1) is 12.7 Å². The fourth-order valence-electron chi connectivity index (χ4n) is 1.12. The maximum atomic E-state index is 10.6. The average Bonchev–Trinajstić information content (AvgIpc) is 2.39. The lowest BCUT2D eigenvalue weighted by molar-refractivity contribution is 0.0696. The topological polar surface area (TPSA) is 98.1 Å². The lowest BCUT2D eigenvalue weighted by Crippen LogP contribution is -2.00. The number of aromatic carboxylic acids is 1. The molecular weight excluding hydrogens is 224 g/mol. The van der Waals surface area contributed by atoms with Crippen LogP contribution in [-0.2, 0) is 0 Å². The summed E-state index contributed by atoms with van der Waals surface area (Å²) in [6, 6.07) is 3.26. The summed E-state index contributed by atoms with van der Waals surface area (Å²) in [5.74, 6) is -0.376. The maximum Gasteiger partial charge on any atom is 0.338 e. The van der Waals surface area contributed by atoms with E-state index in [1.807, 2.05) is 0 Å². The van der Waals surface area contributed by atoms with Gasteiger partial charge in [0.2, 0.25) is 5.88 Å². The van der Waals surface area contributed by atoms with Crippen LogP contribution in [0.15, 0.2) is 24.5 Å². The third-order valence-corrected chi connectivity index (χ3v) is 1.98. The Kier molecular flexibility index (Phi) is 2.91. The third-order valence-electron chi connectivity index (χ3n) is 1.98. The van der Waals surface area contributed by atoms with Gasteiger partial charge >= 0.3 is 5.97 Å². The first kappa shape index (κ1) is 10.9. The molecule has 2 heterocycles. The monoisotopic (exact) mass is 232 g/mol. The Morgan fingerprint density at radius 2 is 1.94 bits per heavy atom. The second-order valence-electron chi connectivity index (χ2n) is 3.06. The zero-order chi connectivity index (χ0) is 12.3. The predicted octanol–water partition coefficient (Wildman–Crippen LogP) is 0.640. The van der Waals surface area contributed by atoms with Crippen molar-refractivity contribution in [2.75, 3.05) is 7.11 Å². The van der Waals surface area contributed by atoms with Crippen LogP contribution in [0.25, 0.3) is 11.5 Å². The van der Waals surface area contributed by atoms with E-state index in [0.717, 1.165) is 0 Å². The minimum absolute atomic E-state index is 0.0234. The van der Waals surface area contributed by atoms with Gasteiger partial charge in [0.15, 0.2) is 5.82 Å². The van der Waals surface area contributed by atoms with Gasteiger partial charge in [0.25, 0.3) is 0 Å². The summed E-state index contributed by atoms with van der Waals surface area (Å²) < 4.78 is 4.86. The molecule has 7 heteroatoms. The van der Waals surface area contributed by atoms with Gasteiger partial charge < -0.3 is 9.84 Å². The quantitative estimate of drug-likeness (QED) is 0.828. The third kappa shape index (κ3) is 2.33. The van der Waals surface area contributed by atoms with Crippen LogP contribution in [0.1, 0.15) is 10.4 Å². The van der Waals surface area contributed by atoms with Gasteiger partial charge in [0.1, 0.15) is 5.69 Å². The number of carbonyl (C=O) groups is 1. The number of carboxylic acid groups (broad SMARTS) is 1. The fraction of sp³-hybridized carbons (Fsp3) is 0.100. The van der Waals surface area contributed by atoms with E-state index in [2.05, 4.69) is 20.2 Å². The maximum absolute atomic E-state index is 10.6. The van der Waals surface area contributed by atoms with Crippen LogP contribution >= 0.6 is 0 Å². The molecule has 0 spiro atoms. The Bertz CT molecular complexity index is 524. The van der Waals surface area contributed by atoms with Crippen molar-refractivity contribution in [3.63, 3.8) is 0 Å². The summed E-state index contributed by atoms with van der Waals surface area (Å²) in [6.45, 7) is 0. The van der Waals surface area contributed by atoms with E-state index < -0.39 is 5.97 Å². The molecule has 2 aromatic heterocycles. The Morgan fingerprint density at radius 1 is 1.24 bits per heavy atom. The number of carboxylic acids is 1. The molecule has 0 aliphatic rings. The SMILES string of the molecule is COc1ccc(-c2ncc(C(=O)O)cn2)nn1. The molecule has 2 rings (SSSR count). The molecule has 7 nitrogen and oxygen atoms in total. The van der Waals surface area contributed by atoms with Crippen molar-refractivity contribution in [2.45, 2.75) is 0 Å². The van der Waals surface area contributed by atoms with Gasteiger partial charge in [-0.1, -0.05) is 0 Å². The summed E-state index contributed by atoms with van der Waals surface area (Å²) in [6.07, 6.45) is 2.44. The normalized spacial score (nSPS) is 9.94. The van der Waals surface area contributed by atoms with Crippen molar-refractivity contribution in [3.8, 4) is 17.4 Å². The van der Waals surface area contributed by atoms with Crippen molar-refractivity contribution in [3.05, 3.63) is 30.1 Å². The highest BCUT2D eigenvalue weighted by Crippen LogP contribution is 2.12. The van der Waals surface area contributed by atoms with Crippen molar-refractivity contribution in [1.82, 2.24) is 20.2 Å². The van der Waals surface area contributed by atoms with Crippen molar-refractivity contribution in [2.24, 2.45) is 0 Å². The summed E-state index contributed by atoms with van der Waals surface area (Å²) in [5, 5.41) is 16.3. The van der Waals surface area contributed by atoms with Crippen LogP contribution in [0.3, 0.4) is 0 Å². The summed E-state index contributed by atoms with van der Waals surface area (Å²) in [5.41, 5.74) is 0.470. The minimum Gasteiger partial charge on any atom is -0.480 e. The molecule has 0 atom stereocenters. The zero-order valence-corrected chi connectivity index (χ0v) is 8.86. The van der Waals surface area contributed by atoms with Crippen LogP contribution in [0.5, 0.6) is 5.88 Å². The molecule has 86 valence electrons. The van der Waals surface area contributed by atoms with E-state index >= 15 is 0 Å². The largest absolute Gasteiger partial charge is 0.480 e. The first-order chi connectivity index (χ1) is 8.20. The van der Waals surface area contributed by atoms with Crippen LogP contribution < -0.4 is 4.74 Å². The molecule has 0 saturated heterocycles. The highest BCUT2D eigenvalue weighted by atomic mass is 16.5. The number of methoxy groups -OCH3 is 1. The Labute approximate surface area is 96.1 Å². The molecule has 0 radical (unpaired) electrons. The van der Waals surface area contributed by atoms with Gasteiger partial charge in [-0.15, -0.1) is 10.2 Å². The lowest BCUT2D eigenvalue weighted by atomic mass is 10.3. The van der Waals surface area contributed by atoms with E-state index in [1.54, 1.807) is 12.1 Å². The highest BCUT2D eigenvalue weighted by molar-refractivity contribution is 5.86. The molecule has 0 aromatic carbocycles. The first-order valence-corrected chi connectivity index (χ1v) is 4.64. The van der Waals surface area contributed by atoms with E-state index in [9.17, 15) is 4.79 Å². The average molecular weight is 232 g/mol. The van der Waals surface area contributed by atoms with Gasteiger partial charge in [-0.05, 0) is 6.07 Å². The number of ether oxygens (including phenoxy) is 1. The fourth-order valence-corrected chi connectivity index (χ4v) is 1.12. The van der Waals surface area contributed by atoms with Crippen LogP contribution in [0.2, 0.25) is 0 Å². The van der Waals surface area contributed by atoms with Crippen LogP contribution in [0, 0.1) is 0 Å². The number of nitrogens with zero attached hydrogens (tertiary/aromatic N) is 4. The Morgan fingerprint density at radius 3 is 2.41 bits per heavy atom. The van der Waals surface area contributed by atoms with Gasteiger partial charge in [-0.2, -0.15) is 0 Å². The molecule has 1 N–H and O–H groups in total. The van der Waals surface area contributed by atoms with E-state index in [0.29, 0.717) is 17.4 Å². The summed E-state index contributed by atoms with van der Waals surface area (Å²) in [4.78, 5) is 18.4. The molecule has 0 fully saturated rings. The highest BCUT2D eigenvalue weighted by Gasteiger charge is 2.07. The van der Waals surface area contributed by atoms with Crippen LogP contribution in [0.4, 0.5) is 0 Å². The Hall–Kier alpha value is -2.57. The molecule has 0 aliphatic heterocycles. The van der Waals surface area contributed by atoms with Crippen molar-refractivity contribution >= 4 is 5.97 Å². The smallest absolute Gasteiger partial charge is 0.338 e. The summed E-state index contributed by atoms with van der Waals surface area (Å²) >= 11 is 0. The van der Waals surface area contributed by atoms with E-state index in [4.69, 9.17) is 9.84 Å². The predicted molar refractivity (Wildman–Crippen MR) is 56.6 cm³/mol. The van der Waals surface area contributed by atoms with Crippen molar-refractivity contribution < 1.29 is 14.6 Å². The Balaban J connectivity index is 2.29. The lowest BCUT2D eigenvalue weighted by Gasteiger charge is -2.00. The number of hydrogen-bond acceptors (Lipinski definition) is 6. The molecule has 0 saturated carbocycles. The standard InChI is InChI=1S/C10H8N4O3/c1-17-8-3-2-7(13-14-8)9-11-4-6(5-12-9)10(15)16/h2-5H,1H3,(H,15,16). The van der Waals surface area contributed by atoms with Crippen molar-refractivity contribution in [1.29, 1.82) is 0 Å². The molecule has 2 aromatic rings. The number of aromatic nitrogens is 4. The molecular formula is C10H8N4O3. The molecule has 0 amide bonds. The van der Waals surface area contributed by atoms with Gasteiger partial charge in [0, 0.05) is 18.5 Å². The summed E-state index contributed by atoms with van der Waals surface area (Å²) in [7, 11) is 1.49. The zero-order valence-electron chi connectivity index (χ0n) is 8.86. The first-order valence-electron chi connectivity index (χ1n) is 4.64. The number of rotatable bonds is 3. The molecule has 0 bridgehead atoms. The number of hydrogen-bond donors (Lipinski definition) is 1. The molecule has 17 heavy (non-hydrogen) atoms. The molecule has 0 unspecified atom stereocenters.